The first-order valence-electron chi connectivity index (χ1n) is 8.36. The summed E-state index contributed by atoms with van der Waals surface area (Å²) in [7, 11) is -2.74. The Morgan fingerprint density at radius 3 is 2.07 bits per heavy atom. The van der Waals surface area contributed by atoms with Gasteiger partial charge >= 0.3 is 17.5 Å². The molecular formula is C15H20N4O8S. The molecule has 0 N–H and O–H groups in total. The van der Waals surface area contributed by atoms with Crippen molar-refractivity contribution in [2.75, 3.05) is 25.6 Å². The van der Waals surface area contributed by atoms with Gasteiger partial charge in [-0.1, -0.05) is 6.92 Å². The maximum atomic E-state index is 12.6. The standard InChI is InChI=1S/C15H20N4O8S/c1-4-7-17(10-5-6-10)14-12(18(21)22)8-11(9-13(14)19(23)24)28(25,26)16(2)15(20)27-3/h8-10H,4-7H2,1-3H3. The number of nitrogens with zero attached hydrogens (tertiary/aromatic N) is 4. The lowest BCUT2D eigenvalue weighted by Gasteiger charge is -2.24. The molecule has 0 bridgehead atoms. The second-order valence-electron chi connectivity index (χ2n) is 6.19. The number of nitro benzene ring substituents is 2. The van der Waals surface area contributed by atoms with Crippen LogP contribution in [-0.2, 0) is 14.8 Å². The van der Waals surface area contributed by atoms with Gasteiger partial charge in [0, 0.05) is 31.8 Å². The minimum atomic E-state index is -4.59. The van der Waals surface area contributed by atoms with Gasteiger partial charge in [0.05, 0.1) is 17.0 Å². The van der Waals surface area contributed by atoms with Crippen molar-refractivity contribution in [3.63, 3.8) is 0 Å². The van der Waals surface area contributed by atoms with Gasteiger partial charge < -0.3 is 9.64 Å². The number of hydrogen-bond acceptors (Lipinski definition) is 9. The van der Waals surface area contributed by atoms with Crippen molar-refractivity contribution in [2.24, 2.45) is 0 Å². The first-order chi connectivity index (χ1) is 13.1. The average molecular weight is 416 g/mol. The lowest BCUT2D eigenvalue weighted by atomic mass is 10.2. The molecule has 13 heteroatoms. The molecule has 1 aromatic carbocycles. The molecule has 28 heavy (non-hydrogen) atoms. The molecule has 1 aromatic rings. The monoisotopic (exact) mass is 416 g/mol. The Hall–Kier alpha value is -2.96. The lowest BCUT2D eigenvalue weighted by Crippen LogP contribution is -2.33. The third-order valence-electron chi connectivity index (χ3n) is 4.27. The fourth-order valence-corrected chi connectivity index (χ4v) is 3.90. The largest absolute Gasteiger partial charge is 0.452 e. The Morgan fingerprint density at radius 2 is 1.71 bits per heavy atom. The van der Waals surface area contributed by atoms with Crippen LogP contribution in [0.1, 0.15) is 26.2 Å². The van der Waals surface area contributed by atoms with Crippen molar-refractivity contribution < 1.29 is 27.8 Å². The summed E-state index contributed by atoms with van der Waals surface area (Å²) in [6.45, 7) is 2.18. The smallest absolute Gasteiger partial charge is 0.423 e. The fourth-order valence-electron chi connectivity index (χ4n) is 2.79. The average Bonchev–Trinajstić information content (AvgIpc) is 3.48. The highest BCUT2D eigenvalue weighted by Crippen LogP contribution is 2.44. The number of carbonyl (C=O) groups is 1. The van der Waals surface area contributed by atoms with Gasteiger partial charge in [-0.2, -0.15) is 0 Å². The summed E-state index contributed by atoms with van der Waals surface area (Å²) < 4.78 is 29.8. The summed E-state index contributed by atoms with van der Waals surface area (Å²) in [5.41, 5.74) is -1.63. The zero-order valence-corrected chi connectivity index (χ0v) is 16.3. The molecule has 2 rings (SSSR count). The van der Waals surface area contributed by atoms with Crippen LogP contribution in [0.3, 0.4) is 0 Å². The topological polar surface area (TPSA) is 153 Å². The fraction of sp³-hybridized carbons (Fsp3) is 0.533. The van der Waals surface area contributed by atoms with E-state index in [-0.39, 0.29) is 16.0 Å². The summed E-state index contributed by atoms with van der Waals surface area (Å²) in [5.74, 6) is 0. The minimum absolute atomic E-state index is 0.0717. The van der Waals surface area contributed by atoms with Crippen LogP contribution in [0.4, 0.5) is 21.9 Å². The molecule has 1 fully saturated rings. The van der Waals surface area contributed by atoms with E-state index >= 15 is 0 Å². The molecular weight excluding hydrogens is 396 g/mol. The predicted octanol–water partition coefficient (Wildman–Crippen LogP) is 2.27. The quantitative estimate of drug-likeness (QED) is 0.458. The molecule has 1 aliphatic rings. The number of rotatable bonds is 8. The Bertz CT molecular complexity index is 878. The molecule has 0 unspecified atom stereocenters. The number of sulfonamides is 1. The zero-order valence-electron chi connectivity index (χ0n) is 15.5. The summed E-state index contributed by atoms with van der Waals surface area (Å²) in [6.07, 6.45) is 0.828. The zero-order chi connectivity index (χ0) is 21.2. The summed E-state index contributed by atoms with van der Waals surface area (Å²) in [4.78, 5) is 34.0. The van der Waals surface area contributed by atoms with Gasteiger partial charge in [0.25, 0.3) is 10.0 Å². The van der Waals surface area contributed by atoms with Gasteiger partial charge in [-0.3, -0.25) is 20.2 Å². The molecule has 0 atom stereocenters. The van der Waals surface area contributed by atoms with E-state index in [9.17, 15) is 33.4 Å². The van der Waals surface area contributed by atoms with Crippen LogP contribution < -0.4 is 4.90 Å². The lowest BCUT2D eigenvalue weighted by molar-refractivity contribution is -0.393. The highest BCUT2D eigenvalue weighted by molar-refractivity contribution is 7.89. The predicted molar refractivity (Wildman–Crippen MR) is 97.8 cm³/mol. The molecule has 12 nitrogen and oxygen atoms in total. The van der Waals surface area contributed by atoms with Gasteiger partial charge in [0.1, 0.15) is 4.90 Å². The Balaban J connectivity index is 2.75. The summed E-state index contributed by atoms with van der Waals surface area (Å²) >= 11 is 0. The van der Waals surface area contributed by atoms with E-state index in [1.165, 1.54) is 0 Å². The van der Waals surface area contributed by atoms with Crippen LogP contribution in [0.5, 0.6) is 0 Å². The molecule has 0 aliphatic heterocycles. The van der Waals surface area contributed by atoms with Crippen LogP contribution in [0.2, 0.25) is 0 Å². The summed E-state index contributed by atoms with van der Waals surface area (Å²) in [6, 6.07) is 1.40. The molecule has 154 valence electrons. The normalized spacial score (nSPS) is 13.7. The van der Waals surface area contributed by atoms with Crippen LogP contribution in [0.15, 0.2) is 17.0 Å². The summed E-state index contributed by atoms with van der Waals surface area (Å²) in [5, 5.41) is 23.3. The van der Waals surface area contributed by atoms with Crippen molar-refractivity contribution in [2.45, 2.75) is 37.1 Å². The number of methoxy groups -OCH3 is 1. The van der Waals surface area contributed by atoms with E-state index in [4.69, 9.17) is 0 Å². The maximum absolute atomic E-state index is 12.6. The first-order valence-corrected chi connectivity index (χ1v) is 9.80. The second-order valence-corrected chi connectivity index (χ2v) is 8.16. The maximum Gasteiger partial charge on any atom is 0.423 e. The molecule has 1 saturated carbocycles. The number of anilines is 1. The highest BCUT2D eigenvalue weighted by Gasteiger charge is 2.40. The Kier molecular flexibility index (Phi) is 6.07. The van der Waals surface area contributed by atoms with Gasteiger partial charge in [-0.25, -0.2) is 17.5 Å². The highest BCUT2D eigenvalue weighted by atomic mass is 32.2. The van der Waals surface area contributed by atoms with E-state index in [0.29, 0.717) is 13.0 Å². The molecule has 0 radical (unpaired) electrons. The van der Waals surface area contributed by atoms with E-state index < -0.39 is 42.2 Å². The number of benzene rings is 1. The van der Waals surface area contributed by atoms with E-state index in [2.05, 4.69) is 4.74 Å². The van der Waals surface area contributed by atoms with E-state index in [1.807, 2.05) is 6.92 Å². The van der Waals surface area contributed by atoms with Crippen LogP contribution in [0, 0.1) is 20.2 Å². The Morgan fingerprint density at radius 1 is 1.21 bits per heavy atom. The molecule has 1 aliphatic carbocycles. The third kappa shape index (κ3) is 3.98. The van der Waals surface area contributed by atoms with E-state index in [1.54, 1.807) is 4.90 Å². The number of amides is 1. The second kappa shape index (κ2) is 7.96. The van der Waals surface area contributed by atoms with Crippen molar-refractivity contribution in [3.05, 3.63) is 32.4 Å². The molecule has 0 aromatic heterocycles. The van der Waals surface area contributed by atoms with E-state index in [0.717, 1.165) is 39.1 Å². The van der Waals surface area contributed by atoms with Crippen LogP contribution >= 0.6 is 0 Å². The molecule has 0 spiro atoms. The Labute approximate surface area is 161 Å². The van der Waals surface area contributed by atoms with Crippen molar-refractivity contribution >= 4 is 33.2 Å². The SMILES string of the molecule is CCCN(c1c([N+](=O)[O-])cc(S(=O)(=O)N(C)C(=O)OC)cc1[N+](=O)[O-])C1CC1. The molecule has 1 amide bonds. The van der Waals surface area contributed by atoms with Gasteiger partial charge in [0.15, 0.2) is 5.69 Å². The molecule has 0 heterocycles. The first kappa shape index (κ1) is 21.3. The van der Waals surface area contributed by atoms with Gasteiger partial charge in [0.2, 0.25) is 0 Å². The van der Waals surface area contributed by atoms with Gasteiger partial charge in [-0.05, 0) is 19.3 Å². The third-order valence-corrected chi connectivity index (χ3v) is 5.97. The van der Waals surface area contributed by atoms with Crippen LogP contribution in [-0.4, -0.2) is 55.4 Å². The van der Waals surface area contributed by atoms with Crippen molar-refractivity contribution in [1.82, 2.24) is 4.31 Å². The molecule has 0 saturated heterocycles. The number of nitro groups is 2. The van der Waals surface area contributed by atoms with Crippen LogP contribution in [0.25, 0.3) is 0 Å². The van der Waals surface area contributed by atoms with Crippen molar-refractivity contribution in [3.8, 4) is 0 Å². The van der Waals surface area contributed by atoms with Crippen molar-refractivity contribution in [1.29, 1.82) is 0 Å². The number of carbonyl (C=O) groups excluding carboxylic acids is 1. The van der Waals surface area contributed by atoms with Gasteiger partial charge in [-0.15, -0.1) is 0 Å². The number of ether oxygens (including phenoxy) is 1. The number of hydrogen-bond donors (Lipinski definition) is 0. The minimum Gasteiger partial charge on any atom is -0.452 e.